The summed E-state index contributed by atoms with van der Waals surface area (Å²) in [6.45, 7) is 8.79. The van der Waals surface area contributed by atoms with Gasteiger partial charge in [0.25, 0.3) is 0 Å². The van der Waals surface area contributed by atoms with E-state index in [-0.39, 0.29) is 0 Å². The standard InChI is InChI=1S/C13H25N3S/c1-13(2,3)11(10-17)8-15(4)9-12-14-6-7-16(12)5/h6-7,11,17H,8-10H2,1-5H3. The Balaban J connectivity index is 2.54. The molecule has 1 unspecified atom stereocenters. The van der Waals surface area contributed by atoms with Crippen molar-refractivity contribution >= 4 is 12.6 Å². The Hall–Kier alpha value is -0.480. The minimum atomic E-state index is 0.303. The molecule has 17 heavy (non-hydrogen) atoms. The Morgan fingerprint density at radius 1 is 1.47 bits per heavy atom. The molecule has 0 amide bonds. The molecule has 0 spiro atoms. The molecule has 0 aliphatic carbocycles. The van der Waals surface area contributed by atoms with E-state index in [1.54, 1.807) is 0 Å². The van der Waals surface area contributed by atoms with Crippen LogP contribution in [0.25, 0.3) is 0 Å². The van der Waals surface area contributed by atoms with Crippen LogP contribution in [0.5, 0.6) is 0 Å². The smallest absolute Gasteiger partial charge is 0.122 e. The number of nitrogens with zero attached hydrogens (tertiary/aromatic N) is 3. The van der Waals surface area contributed by atoms with E-state index in [1.165, 1.54) is 0 Å². The van der Waals surface area contributed by atoms with E-state index in [0.29, 0.717) is 11.3 Å². The molecule has 1 heterocycles. The maximum absolute atomic E-state index is 4.47. The third kappa shape index (κ3) is 4.36. The molecule has 0 radical (unpaired) electrons. The summed E-state index contributed by atoms with van der Waals surface area (Å²) in [5, 5.41) is 0. The molecule has 0 N–H and O–H groups in total. The molecule has 0 aliphatic heterocycles. The molecule has 1 aromatic heterocycles. The third-order valence-electron chi connectivity index (χ3n) is 3.31. The van der Waals surface area contributed by atoms with Crippen molar-refractivity contribution in [1.82, 2.24) is 14.5 Å². The van der Waals surface area contributed by atoms with Gasteiger partial charge in [0.2, 0.25) is 0 Å². The minimum absolute atomic E-state index is 0.303. The summed E-state index contributed by atoms with van der Waals surface area (Å²) >= 11 is 4.47. The van der Waals surface area contributed by atoms with Gasteiger partial charge in [-0.05, 0) is 24.1 Å². The van der Waals surface area contributed by atoms with E-state index in [9.17, 15) is 0 Å². The molecule has 0 aliphatic rings. The Morgan fingerprint density at radius 2 is 2.12 bits per heavy atom. The molecule has 0 aromatic carbocycles. The maximum Gasteiger partial charge on any atom is 0.122 e. The van der Waals surface area contributed by atoms with Crippen LogP contribution in [0.4, 0.5) is 0 Å². The van der Waals surface area contributed by atoms with Gasteiger partial charge in [-0.1, -0.05) is 20.8 Å². The average Bonchev–Trinajstić information content (AvgIpc) is 2.59. The highest BCUT2D eigenvalue weighted by atomic mass is 32.1. The number of thiol groups is 1. The minimum Gasteiger partial charge on any atom is -0.337 e. The van der Waals surface area contributed by atoms with Crippen LogP contribution in [0.3, 0.4) is 0 Å². The highest BCUT2D eigenvalue weighted by Gasteiger charge is 2.24. The lowest BCUT2D eigenvalue weighted by Crippen LogP contribution is -2.34. The maximum atomic E-state index is 4.47. The summed E-state index contributed by atoms with van der Waals surface area (Å²) in [5.74, 6) is 2.63. The van der Waals surface area contributed by atoms with Gasteiger partial charge in [-0.3, -0.25) is 4.90 Å². The topological polar surface area (TPSA) is 21.1 Å². The lowest BCUT2D eigenvalue weighted by Gasteiger charge is -2.32. The zero-order valence-electron chi connectivity index (χ0n) is 11.6. The van der Waals surface area contributed by atoms with Gasteiger partial charge in [0, 0.05) is 26.0 Å². The Labute approximate surface area is 111 Å². The Morgan fingerprint density at radius 3 is 2.53 bits per heavy atom. The van der Waals surface area contributed by atoms with Crippen LogP contribution in [0.1, 0.15) is 26.6 Å². The van der Waals surface area contributed by atoms with Gasteiger partial charge < -0.3 is 4.57 Å². The fourth-order valence-electron chi connectivity index (χ4n) is 1.84. The van der Waals surface area contributed by atoms with Gasteiger partial charge >= 0.3 is 0 Å². The quantitative estimate of drug-likeness (QED) is 0.816. The second-order valence-electron chi connectivity index (χ2n) is 5.90. The van der Waals surface area contributed by atoms with Crippen molar-refractivity contribution in [3.05, 3.63) is 18.2 Å². The number of hydrogen-bond acceptors (Lipinski definition) is 3. The van der Waals surface area contributed by atoms with Crippen molar-refractivity contribution < 1.29 is 0 Å². The first kappa shape index (κ1) is 14.6. The first-order valence-electron chi connectivity index (χ1n) is 6.10. The van der Waals surface area contributed by atoms with Crippen LogP contribution < -0.4 is 0 Å². The fraction of sp³-hybridized carbons (Fsp3) is 0.769. The van der Waals surface area contributed by atoms with E-state index in [4.69, 9.17) is 0 Å². The van der Waals surface area contributed by atoms with Crippen molar-refractivity contribution in [2.24, 2.45) is 18.4 Å². The molecule has 3 nitrogen and oxygen atoms in total. The molecule has 1 aromatic rings. The molecule has 0 fully saturated rings. The normalized spacial score (nSPS) is 14.3. The first-order chi connectivity index (χ1) is 7.84. The molecule has 1 rings (SSSR count). The van der Waals surface area contributed by atoms with Gasteiger partial charge in [0.1, 0.15) is 5.82 Å². The highest BCUT2D eigenvalue weighted by Crippen LogP contribution is 2.27. The van der Waals surface area contributed by atoms with Crippen LogP contribution >= 0.6 is 12.6 Å². The van der Waals surface area contributed by atoms with E-state index in [2.05, 4.69) is 54.9 Å². The van der Waals surface area contributed by atoms with Crippen molar-refractivity contribution in [3.8, 4) is 0 Å². The predicted molar refractivity (Wildman–Crippen MR) is 76.3 cm³/mol. The van der Waals surface area contributed by atoms with Gasteiger partial charge in [-0.25, -0.2) is 4.98 Å². The van der Waals surface area contributed by atoms with Crippen LogP contribution in [0.2, 0.25) is 0 Å². The monoisotopic (exact) mass is 255 g/mol. The summed E-state index contributed by atoms with van der Waals surface area (Å²) < 4.78 is 2.07. The molecule has 0 saturated heterocycles. The zero-order valence-corrected chi connectivity index (χ0v) is 12.5. The van der Waals surface area contributed by atoms with E-state index in [0.717, 1.165) is 24.7 Å². The predicted octanol–water partition coefficient (Wildman–Crippen LogP) is 2.44. The zero-order chi connectivity index (χ0) is 13.1. The molecular weight excluding hydrogens is 230 g/mol. The first-order valence-corrected chi connectivity index (χ1v) is 6.73. The van der Waals surface area contributed by atoms with Gasteiger partial charge in [0.05, 0.1) is 6.54 Å². The lowest BCUT2D eigenvalue weighted by atomic mass is 9.81. The average molecular weight is 255 g/mol. The Kier molecular flexibility index (Phi) is 5.07. The molecule has 0 saturated carbocycles. The van der Waals surface area contributed by atoms with Crippen LogP contribution in [-0.4, -0.2) is 33.8 Å². The number of imidazole rings is 1. The Bertz CT molecular complexity index is 341. The highest BCUT2D eigenvalue weighted by molar-refractivity contribution is 7.80. The van der Waals surface area contributed by atoms with Crippen LogP contribution in [0, 0.1) is 11.3 Å². The lowest BCUT2D eigenvalue weighted by molar-refractivity contribution is 0.180. The van der Waals surface area contributed by atoms with Crippen LogP contribution in [0.15, 0.2) is 12.4 Å². The molecule has 0 bridgehead atoms. The fourth-order valence-corrected chi connectivity index (χ4v) is 2.50. The largest absolute Gasteiger partial charge is 0.337 e. The summed E-state index contributed by atoms with van der Waals surface area (Å²) in [6, 6.07) is 0. The molecular formula is C13H25N3S. The molecule has 98 valence electrons. The summed E-state index contributed by atoms with van der Waals surface area (Å²) in [7, 11) is 4.19. The number of aryl methyl sites for hydroxylation is 1. The number of hydrogen-bond donors (Lipinski definition) is 1. The van der Waals surface area contributed by atoms with Crippen molar-refractivity contribution in [3.63, 3.8) is 0 Å². The van der Waals surface area contributed by atoms with Gasteiger partial charge in [0.15, 0.2) is 0 Å². The summed E-state index contributed by atoms with van der Waals surface area (Å²) in [5.41, 5.74) is 0.303. The van der Waals surface area contributed by atoms with Gasteiger partial charge in [-0.2, -0.15) is 12.6 Å². The summed E-state index contributed by atoms with van der Waals surface area (Å²) in [6.07, 6.45) is 3.84. The SMILES string of the molecule is CN(Cc1nccn1C)CC(CS)C(C)(C)C. The number of aromatic nitrogens is 2. The van der Waals surface area contributed by atoms with Crippen molar-refractivity contribution in [2.75, 3.05) is 19.3 Å². The van der Waals surface area contributed by atoms with E-state index >= 15 is 0 Å². The third-order valence-corrected chi connectivity index (χ3v) is 3.75. The van der Waals surface area contributed by atoms with E-state index < -0.39 is 0 Å². The second kappa shape index (κ2) is 5.91. The summed E-state index contributed by atoms with van der Waals surface area (Å²) in [4.78, 5) is 6.68. The van der Waals surface area contributed by atoms with Crippen molar-refractivity contribution in [1.29, 1.82) is 0 Å². The van der Waals surface area contributed by atoms with Crippen LogP contribution in [-0.2, 0) is 13.6 Å². The molecule has 4 heteroatoms. The van der Waals surface area contributed by atoms with Gasteiger partial charge in [-0.15, -0.1) is 0 Å². The second-order valence-corrected chi connectivity index (χ2v) is 6.26. The van der Waals surface area contributed by atoms with Crippen molar-refractivity contribution in [2.45, 2.75) is 27.3 Å². The molecule has 1 atom stereocenters. The van der Waals surface area contributed by atoms with E-state index in [1.807, 2.05) is 19.4 Å². The number of rotatable bonds is 5.